The molecule has 9 heteroatoms. The van der Waals surface area contributed by atoms with E-state index in [-0.39, 0.29) is 17.6 Å². The lowest BCUT2D eigenvalue weighted by Crippen LogP contribution is -2.51. The average Bonchev–Trinajstić information content (AvgIpc) is 3.28. The van der Waals surface area contributed by atoms with Crippen LogP contribution in [0.4, 0.5) is 0 Å². The van der Waals surface area contributed by atoms with Crippen LogP contribution >= 0.6 is 0 Å². The molecule has 0 unspecified atom stereocenters. The summed E-state index contributed by atoms with van der Waals surface area (Å²) in [5.74, 6) is 0. The van der Waals surface area contributed by atoms with Crippen molar-refractivity contribution in [1.82, 2.24) is 19.7 Å². The van der Waals surface area contributed by atoms with Gasteiger partial charge in [0.2, 0.25) is 10.0 Å². The summed E-state index contributed by atoms with van der Waals surface area (Å²) in [5.41, 5.74) is 2.50. The summed E-state index contributed by atoms with van der Waals surface area (Å²) < 4.78 is 36.2. The number of aromatic nitrogens is 3. The summed E-state index contributed by atoms with van der Waals surface area (Å²) in [6.07, 6.45) is 3.20. The van der Waals surface area contributed by atoms with E-state index in [4.69, 9.17) is 4.74 Å². The lowest BCUT2D eigenvalue weighted by Gasteiger charge is -2.36. The number of aliphatic hydroxyl groups is 1. The van der Waals surface area contributed by atoms with E-state index in [1.807, 2.05) is 36.5 Å². The Bertz CT molecular complexity index is 1130. The predicted molar refractivity (Wildman–Crippen MR) is 120 cm³/mol. The third-order valence-electron chi connectivity index (χ3n) is 5.77. The average molecular weight is 457 g/mol. The van der Waals surface area contributed by atoms with E-state index in [0.29, 0.717) is 31.4 Å². The molecule has 0 bridgehead atoms. The quantitative estimate of drug-likeness (QED) is 0.540. The van der Waals surface area contributed by atoms with Gasteiger partial charge in [-0.2, -0.15) is 0 Å². The maximum absolute atomic E-state index is 12.8. The molecule has 1 aromatic heterocycles. The number of nitrogens with zero attached hydrogens (tertiary/aromatic N) is 3. The molecular weight excluding hydrogens is 428 g/mol. The fourth-order valence-electron chi connectivity index (χ4n) is 4.02. The molecular formula is C23H28N4O4S. The second kappa shape index (κ2) is 9.91. The normalized spacial score (nSPS) is 21.5. The molecule has 1 aliphatic heterocycles. The zero-order chi connectivity index (χ0) is 22.6. The Morgan fingerprint density at radius 2 is 1.88 bits per heavy atom. The van der Waals surface area contributed by atoms with E-state index < -0.39 is 22.2 Å². The molecule has 32 heavy (non-hydrogen) atoms. The zero-order valence-electron chi connectivity index (χ0n) is 18.0. The van der Waals surface area contributed by atoms with Gasteiger partial charge in [0.15, 0.2) is 0 Å². The number of benzene rings is 2. The van der Waals surface area contributed by atoms with Crippen molar-refractivity contribution in [3.8, 4) is 11.3 Å². The van der Waals surface area contributed by atoms with Crippen LogP contribution < -0.4 is 4.72 Å². The maximum atomic E-state index is 12.8. The Kier molecular flexibility index (Phi) is 7.00. The van der Waals surface area contributed by atoms with Crippen LogP contribution in [0.3, 0.4) is 0 Å². The van der Waals surface area contributed by atoms with Gasteiger partial charge in [0.25, 0.3) is 0 Å². The Morgan fingerprint density at radius 3 is 2.62 bits per heavy atom. The molecule has 0 saturated carbocycles. The number of rotatable bonds is 8. The smallest absolute Gasteiger partial charge is 0.241 e. The standard InChI is InChI=1S/C23H28N4O4S/c1-17-7-5-6-10-23(17)32(29,30)25-20-12-11-19(31-22(20)16-28)13-14-27-15-21(24-26-27)18-8-3-2-4-9-18/h2-10,15,19-20,22,25,28H,11-14,16H2,1H3/t19-,20-,22-/m0/s1. The molecule has 0 aliphatic carbocycles. The van der Waals surface area contributed by atoms with Gasteiger partial charge in [0.1, 0.15) is 5.69 Å². The third kappa shape index (κ3) is 5.24. The molecule has 0 amide bonds. The minimum atomic E-state index is -3.69. The van der Waals surface area contributed by atoms with E-state index in [1.54, 1.807) is 35.9 Å². The Hall–Kier alpha value is -2.59. The number of aliphatic hydroxyl groups excluding tert-OH is 1. The summed E-state index contributed by atoms with van der Waals surface area (Å²) in [6.45, 7) is 2.14. The second-order valence-electron chi connectivity index (χ2n) is 8.07. The Labute approximate surface area is 188 Å². The number of aryl methyl sites for hydroxylation is 2. The van der Waals surface area contributed by atoms with Gasteiger partial charge in [-0.1, -0.05) is 53.7 Å². The minimum Gasteiger partial charge on any atom is -0.394 e. The molecule has 3 atom stereocenters. The van der Waals surface area contributed by atoms with Gasteiger partial charge in [-0.3, -0.25) is 4.68 Å². The molecule has 1 fully saturated rings. The molecule has 2 heterocycles. The van der Waals surface area contributed by atoms with Crippen LogP contribution in [0, 0.1) is 6.92 Å². The van der Waals surface area contributed by atoms with E-state index in [2.05, 4.69) is 15.0 Å². The van der Waals surface area contributed by atoms with Crippen LogP contribution in [0.1, 0.15) is 24.8 Å². The lowest BCUT2D eigenvalue weighted by atomic mass is 9.98. The van der Waals surface area contributed by atoms with Crippen LogP contribution in [0.2, 0.25) is 0 Å². The maximum Gasteiger partial charge on any atom is 0.241 e. The van der Waals surface area contributed by atoms with Crippen LogP contribution in [-0.2, 0) is 21.3 Å². The number of hydrogen-bond acceptors (Lipinski definition) is 6. The molecule has 2 aromatic carbocycles. The summed E-state index contributed by atoms with van der Waals surface area (Å²) in [5, 5.41) is 18.2. The van der Waals surface area contributed by atoms with Gasteiger partial charge < -0.3 is 9.84 Å². The van der Waals surface area contributed by atoms with Crippen molar-refractivity contribution in [3.63, 3.8) is 0 Å². The third-order valence-corrected chi connectivity index (χ3v) is 7.42. The number of sulfonamides is 1. The summed E-state index contributed by atoms with van der Waals surface area (Å²) >= 11 is 0. The van der Waals surface area contributed by atoms with E-state index in [9.17, 15) is 13.5 Å². The topological polar surface area (TPSA) is 106 Å². The van der Waals surface area contributed by atoms with Gasteiger partial charge in [-0.25, -0.2) is 13.1 Å². The van der Waals surface area contributed by atoms with Crippen molar-refractivity contribution in [2.24, 2.45) is 0 Å². The highest BCUT2D eigenvalue weighted by molar-refractivity contribution is 7.89. The highest BCUT2D eigenvalue weighted by atomic mass is 32.2. The number of hydrogen-bond donors (Lipinski definition) is 2. The summed E-state index contributed by atoms with van der Waals surface area (Å²) in [6, 6.07) is 16.2. The van der Waals surface area contributed by atoms with Crippen molar-refractivity contribution in [3.05, 3.63) is 66.4 Å². The van der Waals surface area contributed by atoms with Crippen molar-refractivity contribution >= 4 is 10.0 Å². The summed E-state index contributed by atoms with van der Waals surface area (Å²) in [4.78, 5) is 0.249. The van der Waals surface area contributed by atoms with Crippen molar-refractivity contribution in [1.29, 1.82) is 0 Å². The fraction of sp³-hybridized carbons (Fsp3) is 0.391. The van der Waals surface area contributed by atoms with Gasteiger partial charge in [-0.05, 0) is 37.8 Å². The molecule has 0 radical (unpaired) electrons. The van der Waals surface area contributed by atoms with E-state index >= 15 is 0 Å². The SMILES string of the molecule is Cc1ccccc1S(=O)(=O)N[C@H]1CC[C@@H](CCn2cc(-c3ccccc3)nn2)O[C@H]1CO. The lowest BCUT2D eigenvalue weighted by molar-refractivity contribution is -0.0891. The highest BCUT2D eigenvalue weighted by Crippen LogP contribution is 2.25. The monoisotopic (exact) mass is 456 g/mol. The first-order valence-electron chi connectivity index (χ1n) is 10.8. The minimum absolute atomic E-state index is 0.0873. The highest BCUT2D eigenvalue weighted by Gasteiger charge is 2.34. The van der Waals surface area contributed by atoms with Crippen LogP contribution in [0.25, 0.3) is 11.3 Å². The molecule has 170 valence electrons. The van der Waals surface area contributed by atoms with Crippen molar-refractivity contribution in [2.45, 2.75) is 55.9 Å². The molecule has 1 aliphatic rings. The first kappa shape index (κ1) is 22.6. The molecule has 0 spiro atoms. The molecule has 4 rings (SSSR count). The first-order chi connectivity index (χ1) is 15.5. The van der Waals surface area contributed by atoms with Gasteiger partial charge in [-0.15, -0.1) is 5.10 Å². The Morgan fingerprint density at radius 1 is 1.12 bits per heavy atom. The second-order valence-corrected chi connectivity index (χ2v) is 9.75. The van der Waals surface area contributed by atoms with Gasteiger partial charge in [0, 0.05) is 12.1 Å². The van der Waals surface area contributed by atoms with Crippen LogP contribution in [0.5, 0.6) is 0 Å². The van der Waals surface area contributed by atoms with Gasteiger partial charge >= 0.3 is 0 Å². The number of nitrogens with one attached hydrogen (secondary N) is 1. The predicted octanol–water partition coefficient (Wildman–Crippen LogP) is 2.53. The number of ether oxygens (including phenoxy) is 1. The first-order valence-corrected chi connectivity index (χ1v) is 12.2. The van der Waals surface area contributed by atoms with Gasteiger partial charge in [0.05, 0.1) is 35.9 Å². The molecule has 2 N–H and O–H groups in total. The summed E-state index contributed by atoms with van der Waals surface area (Å²) in [7, 11) is -3.69. The van der Waals surface area contributed by atoms with E-state index in [0.717, 1.165) is 11.3 Å². The van der Waals surface area contributed by atoms with Crippen molar-refractivity contribution < 1.29 is 18.3 Å². The molecule has 3 aromatic rings. The molecule has 1 saturated heterocycles. The van der Waals surface area contributed by atoms with Crippen LogP contribution in [-0.4, -0.2) is 53.4 Å². The zero-order valence-corrected chi connectivity index (χ0v) is 18.8. The largest absolute Gasteiger partial charge is 0.394 e. The van der Waals surface area contributed by atoms with Crippen molar-refractivity contribution in [2.75, 3.05) is 6.61 Å². The van der Waals surface area contributed by atoms with E-state index in [1.165, 1.54) is 0 Å². The van der Waals surface area contributed by atoms with Crippen LogP contribution in [0.15, 0.2) is 65.7 Å². The fourth-order valence-corrected chi connectivity index (χ4v) is 5.57. The molecule has 8 nitrogen and oxygen atoms in total. The Balaban J connectivity index is 1.34.